The predicted octanol–water partition coefficient (Wildman–Crippen LogP) is 3.18. The molecule has 0 fully saturated rings. The Morgan fingerprint density at radius 2 is 2.10 bits per heavy atom. The molecule has 3 aromatic rings. The van der Waals surface area contributed by atoms with Crippen LogP contribution in [-0.2, 0) is 0 Å². The largest absolute Gasteiger partial charge is 0.305 e. The maximum atomic E-state index is 4.39. The zero-order chi connectivity index (χ0) is 13.8. The van der Waals surface area contributed by atoms with Crippen LogP contribution in [0.5, 0.6) is 0 Å². The van der Waals surface area contributed by atoms with Crippen LogP contribution >= 0.6 is 11.7 Å². The van der Waals surface area contributed by atoms with Gasteiger partial charge in [-0.2, -0.15) is 8.75 Å². The topological polar surface area (TPSA) is 50.7 Å². The molecule has 20 heavy (non-hydrogen) atoms. The van der Waals surface area contributed by atoms with Crippen LogP contribution in [0, 0.1) is 0 Å². The first-order valence-corrected chi connectivity index (χ1v) is 7.46. The van der Waals surface area contributed by atoms with E-state index in [0.717, 1.165) is 29.6 Å². The van der Waals surface area contributed by atoms with Crippen molar-refractivity contribution in [3.05, 3.63) is 54.1 Å². The molecule has 4 nitrogen and oxygen atoms in total. The van der Waals surface area contributed by atoms with Gasteiger partial charge in [-0.15, -0.1) is 0 Å². The molecular formula is C15H16N4S. The zero-order valence-corrected chi connectivity index (χ0v) is 12.1. The van der Waals surface area contributed by atoms with Crippen molar-refractivity contribution < 1.29 is 0 Å². The van der Waals surface area contributed by atoms with Gasteiger partial charge >= 0.3 is 0 Å². The third-order valence-electron chi connectivity index (χ3n) is 3.28. The molecule has 0 saturated heterocycles. The van der Waals surface area contributed by atoms with E-state index in [0.29, 0.717) is 0 Å². The van der Waals surface area contributed by atoms with Crippen LogP contribution in [0.1, 0.15) is 30.6 Å². The molecule has 0 aliphatic rings. The lowest BCUT2D eigenvalue weighted by atomic mass is 9.99. The molecule has 1 aromatic carbocycles. The SMILES string of the molecule is CCCNC(c1cnsn1)c1cncc2ccccc12. The summed E-state index contributed by atoms with van der Waals surface area (Å²) in [4.78, 5) is 4.37. The van der Waals surface area contributed by atoms with Crippen molar-refractivity contribution in [3.8, 4) is 0 Å². The highest BCUT2D eigenvalue weighted by molar-refractivity contribution is 6.99. The van der Waals surface area contributed by atoms with Gasteiger partial charge in [0.1, 0.15) is 0 Å². The van der Waals surface area contributed by atoms with Crippen LogP contribution in [-0.4, -0.2) is 20.3 Å². The van der Waals surface area contributed by atoms with Crippen LogP contribution in [0.4, 0.5) is 0 Å². The first-order valence-electron chi connectivity index (χ1n) is 6.73. The van der Waals surface area contributed by atoms with Crippen LogP contribution < -0.4 is 5.32 Å². The molecule has 0 spiro atoms. The number of fused-ring (bicyclic) bond motifs is 1. The van der Waals surface area contributed by atoms with Gasteiger partial charge in [-0.1, -0.05) is 31.2 Å². The normalized spacial score (nSPS) is 12.7. The Labute approximate surface area is 122 Å². The van der Waals surface area contributed by atoms with E-state index in [2.05, 4.69) is 44.2 Å². The highest BCUT2D eigenvalue weighted by Crippen LogP contribution is 2.27. The molecule has 0 bridgehead atoms. The quantitative estimate of drug-likeness (QED) is 0.782. The maximum Gasteiger partial charge on any atom is 0.0958 e. The van der Waals surface area contributed by atoms with Crippen LogP contribution in [0.15, 0.2) is 42.9 Å². The third-order valence-corrected chi connectivity index (χ3v) is 3.77. The smallest absolute Gasteiger partial charge is 0.0958 e. The zero-order valence-electron chi connectivity index (χ0n) is 11.3. The minimum absolute atomic E-state index is 0.0484. The Balaban J connectivity index is 2.09. The van der Waals surface area contributed by atoms with E-state index < -0.39 is 0 Å². The molecule has 2 aromatic heterocycles. The van der Waals surface area contributed by atoms with Gasteiger partial charge in [-0.25, -0.2) is 0 Å². The van der Waals surface area contributed by atoms with Crippen molar-refractivity contribution in [1.82, 2.24) is 19.0 Å². The molecule has 1 N–H and O–H groups in total. The molecule has 2 heterocycles. The maximum absolute atomic E-state index is 4.39. The van der Waals surface area contributed by atoms with E-state index in [1.807, 2.05) is 24.7 Å². The standard InChI is InChI=1S/C15H16N4S/c1-2-7-17-15(14-10-18-20-19-14)13-9-16-8-11-5-3-4-6-12(11)13/h3-6,8-10,15,17H,2,7H2,1H3. The van der Waals surface area contributed by atoms with Gasteiger partial charge in [-0.05, 0) is 18.4 Å². The number of aromatic nitrogens is 3. The van der Waals surface area contributed by atoms with Crippen molar-refractivity contribution in [1.29, 1.82) is 0 Å². The molecule has 3 rings (SSSR count). The second-order valence-electron chi connectivity index (χ2n) is 4.67. The van der Waals surface area contributed by atoms with Crippen molar-refractivity contribution in [2.24, 2.45) is 0 Å². The van der Waals surface area contributed by atoms with E-state index in [1.54, 1.807) is 0 Å². The number of nitrogens with zero attached hydrogens (tertiary/aromatic N) is 3. The lowest BCUT2D eigenvalue weighted by Gasteiger charge is -2.18. The first kappa shape index (κ1) is 13.1. The summed E-state index contributed by atoms with van der Waals surface area (Å²) in [6, 6.07) is 8.36. The molecule has 0 saturated carbocycles. The van der Waals surface area contributed by atoms with Crippen LogP contribution in [0.25, 0.3) is 10.8 Å². The number of hydrogen-bond donors (Lipinski definition) is 1. The van der Waals surface area contributed by atoms with E-state index in [1.165, 1.54) is 17.1 Å². The van der Waals surface area contributed by atoms with Crippen LogP contribution in [0.3, 0.4) is 0 Å². The Morgan fingerprint density at radius 1 is 1.20 bits per heavy atom. The Hall–Kier alpha value is -1.85. The third kappa shape index (κ3) is 2.55. The number of hydrogen-bond acceptors (Lipinski definition) is 5. The molecular weight excluding hydrogens is 268 g/mol. The number of benzene rings is 1. The predicted molar refractivity (Wildman–Crippen MR) is 81.8 cm³/mol. The average Bonchev–Trinajstić information content (AvgIpc) is 3.02. The Morgan fingerprint density at radius 3 is 2.90 bits per heavy atom. The summed E-state index contributed by atoms with van der Waals surface area (Å²) in [7, 11) is 0. The Bertz CT molecular complexity index is 676. The number of pyridine rings is 1. The van der Waals surface area contributed by atoms with Gasteiger partial charge in [0.25, 0.3) is 0 Å². The van der Waals surface area contributed by atoms with Gasteiger partial charge in [0.05, 0.1) is 29.7 Å². The molecule has 0 aliphatic carbocycles. The van der Waals surface area contributed by atoms with Gasteiger partial charge in [-0.3, -0.25) is 4.98 Å². The molecule has 0 aliphatic heterocycles. The second kappa shape index (κ2) is 6.07. The summed E-state index contributed by atoms with van der Waals surface area (Å²) in [5.74, 6) is 0. The highest BCUT2D eigenvalue weighted by atomic mass is 32.1. The molecule has 1 atom stereocenters. The summed E-state index contributed by atoms with van der Waals surface area (Å²) in [6.45, 7) is 3.09. The van der Waals surface area contributed by atoms with Crippen molar-refractivity contribution in [2.45, 2.75) is 19.4 Å². The fraction of sp³-hybridized carbons (Fsp3) is 0.267. The van der Waals surface area contributed by atoms with E-state index in [4.69, 9.17) is 0 Å². The average molecular weight is 284 g/mol. The molecule has 5 heteroatoms. The minimum atomic E-state index is 0.0484. The van der Waals surface area contributed by atoms with Crippen molar-refractivity contribution in [2.75, 3.05) is 6.54 Å². The van der Waals surface area contributed by atoms with Crippen LogP contribution in [0.2, 0.25) is 0 Å². The molecule has 102 valence electrons. The molecule has 0 radical (unpaired) electrons. The Kier molecular flexibility index (Phi) is 3.99. The molecule has 1 unspecified atom stereocenters. The summed E-state index contributed by atoms with van der Waals surface area (Å²) in [6.07, 6.45) is 6.73. The van der Waals surface area contributed by atoms with Gasteiger partial charge < -0.3 is 5.32 Å². The van der Waals surface area contributed by atoms with Crippen molar-refractivity contribution >= 4 is 22.5 Å². The lowest BCUT2D eigenvalue weighted by Crippen LogP contribution is -2.23. The summed E-state index contributed by atoms with van der Waals surface area (Å²) in [5, 5.41) is 5.91. The minimum Gasteiger partial charge on any atom is -0.305 e. The summed E-state index contributed by atoms with van der Waals surface area (Å²) < 4.78 is 8.52. The van der Waals surface area contributed by atoms with Crippen molar-refractivity contribution in [3.63, 3.8) is 0 Å². The number of rotatable bonds is 5. The van der Waals surface area contributed by atoms with Gasteiger partial charge in [0.2, 0.25) is 0 Å². The fourth-order valence-corrected chi connectivity index (χ4v) is 2.78. The van der Waals surface area contributed by atoms with Gasteiger partial charge in [0, 0.05) is 23.3 Å². The first-order chi connectivity index (χ1) is 9.90. The summed E-state index contributed by atoms with van der Waals surface area (Å²) >= 11 is 1.24. The molecule has 0 amide bonds. The van der Waals surface area contributed by atoms with E-state index in [9.17, 15) is 0 Å². The van der Waals surface area contributed by atoms with E-state index >= 15 is 0 Å². The second-order valence-corrected chi connectivity index (χ2v) is 5.23. The monoisotopic (exact) mass is 284 g/mol. The van der Waals surface area contributed by atoms with Gasteiger partial charge in [0.15, 0.2) is 0 Å². The summed E-state index contributed by atoms with van der Waals surface area (Å²) in [5.41, 5.74) is 2.12. The highest BCUT2D eigenvalue weighted by Gasteiger charge is 2.18. The van der Waals surface area contributed by atoms with E-state index in [-0.39, 0.29) is 6.04 Å². The fourth-order valence-electron chi connectivity index (χ4n) is 2.33. The lowest BCUT2D eigenvalue weighted by molar-refractivity contribution is 0.591. The number of nitrogens with one attached hydrogen (secondary N) is 1.